The van der Waals surface area contributed by atoms with Gasteiger partial charge in [-0.15, -0.1) is 0 Å². The Morgan fingerprint density at radius 2 is 2.00 bits per heavy atom. The standard InChI is InChI=1S/C18H21N3O/c1-13-8-9-21-16(12-20(2)3)18(19-17(21)10-13)14-6-5-7-15(11-14)22-4/h5-11H,12H2,1-4H3. The van der Waals surface area contributed by atoms with Gasteiger partial charge in [-0.2, -0.15) is 0 Å². The molecule has 3 rings (SSSR count). The minimum atomic E-state index is 0.830. The van der Waals surface area contributed by atoms with E-state index in [-0.39, 0.29) is 0 Å². The predicted molar refractivity (Wildman–Crippen MR) is 89.3 cm³/mol. The third kappa shape index (κ3) is 2.70. The van der Waals surface area contributed by atoms with Gasteiger partial charge in [-0.1, -0.05) is 12.1 Å². The Hall–Kier alpha value is -2.33. The lowest BCUT2D eigenvalue weighted by molar-refractivity contribution is 0.396. The van der Waals surface area contributed by atoms with Crippen LogP contribution in [0.3, 0.4) is 0 Å². The number of imidazole rings is 1. The van der Waals surface area contributed by atoms with Gasteiger partial charge in [0.25, 0.3) is 0 Å². The van der Waals surface area contributed by atoms with E-state index in [0.29, 0.717) is 0 Å². The Balaban J connectivity index is 2.22. The van der Waals surface area contributed by atoms with Crippen LogP contribution in [0.4, 0.5) is 0 Å². The highest BCUT2D eigenvalue weighted by atomic mass is 16.5. The van der Waals surface area contributed by atoms with Crippen molar-refractivity contribution in [1.29, 1.82) is 0 Å². The minimum absolute atomic E-state index is 0.830. The van der Waals surface area contributed by atoms with Gasteiger partial charge in [-0.3, -0.25) is 0 Å². The van der Waals surface area contributed by atoms with Crippen molar-refractivity contribution in [2.24, 2.45) is 0 Å². The molecule has 0 atom stereocenters. The zero-order valence-electron chi connectivity index (χ0n) is 13.5. The van der Waals surface area contributed by atoms with E-state index in [2.05, 4.69) is 54.7 Å². The molecule has 4 heteroatoms. The van der Waals surface area contributed by atoms with Crippen LogP contribution in [0.1, 0.15) is 11.3 Å². The second kappa shape index (κ2) is 5.81. The number of rotatable bonds is 4. The molecule has 2 aromatic heterocycles. The van der Waals surface area contributed by atoms with E-state index in [9.17, 15) is 0 Å². The number of aromatic nitrogens is 2. The molecule has 0 N–H and O–H groups in total. The Bertz CT molecular complexity index is 805. The number of methoxy groups -OCH3 is 1. The second-order valence-corrected chi connectivity index (χ2v) is 5.81. The molecule has 4 nitrogen and oxygen atoms in total. The number of aryl methyl sites for hydroxylation is 1. The summed E-state index contributed by atoms with van der Waals surface area (Å²) in [5.41, 5.74) is 5.48. The third-order valence-corrected chi connectivity index (χ3v) is 3.69. The molecule has 1 aromatic carbocycles. The van der Waals surface area contributed by atoms with Crippen molar-refractivity contribution in [3.63, 3.8) is 0 Å². The van der Waals surface area contributed by atoms with E-state index in [4.69, 9.17) is 9.72 Å². The maximum absolute atomic E-state index is 5.35. The molecule has 0 aliphatic heterocycles. The fourth-order valence-corrected chi connectivity index (χ4v) is 2.65. The summed E-state index contributed by atoms with van der Waals surface area (Å²) in [5.74, 6) is 0.849. The Morgan fingerprint density at radius 3 is 2.73 bits per heavy atom. The number of ether oxygens (including phenoxy) is 1. The number of fused-ring (bicyclic) bond motifs is 1. The van der Waals surface area contributed by atoms with Gasteiger partial charge >= 0.3 is 0 Å². The Labute approximate surface area is 131 Å². The SMILES string of the molecule is COc1cccc(-c2nc3cc(C)ccn3c2CN(C)C)c1. The van der Waals surface area contributed by atoms with Gasteiger partial charge in [0.15, 0.2) is 0 Å². The van der Waals surface area contributed by atoms with Crippen LogP contribution < -0.4 is 4.74 Å². The Kier molecular flexibility index (Phi) is 3.86. The molecule has 3 aromatic rings. The summed E-state index contributed by atoms with van der Waals surface area (Å²) < 4.78 is 7.51. The average Bonchev–Trinajstić information content (AvgIpc) is 2.84. The van der Waals surface area contributed by atoms with Crippen LogP contribution in [-0.4, -0.2) is 35.5 Å². The van der Waals surface area contributed by atoms with Crippen LogP contribution in [0.25, 0.3) is 16.9 Å². The molecular weight excluding hydrogens is 274 g/mol. The summed E-state index contributed by atoms with van der Waals surface area (Å²) in [6, 6.07) is 12.3. The zero-order valence-corrected chi connectivity index (χ0v) is 13.5. The molecule has 0 fully saturated rings. The van der Waals surface area contributed by atoms with E-state index < -0.39 is 0 Å². The smallest absolute Gasteiger partial charge is 0.137 e. The highest BCUT2D eigenvalue weighted by Gasteiger charge is 2.15. The molecule has 0 unspecified atom stereocenters. The molecule has 114 valence electrons. The maximum Gasteiger partial charge on any atom is 0.137 e. The van der Waals surface area contributed by atoms with E-state index in [1.165, 1.54) is 11.3 Å². The first-order valence-electron chi connectivity index (χ1n) is 7.35. The molecule has 0 saturated carbocycles. The fourth-order valence-electron chi connectivity index (χ4n) is 2.65. The van der Waals surface area contributed by atoms with Gasteiger partial charge in [-0.25, -0.2) is 4.98 Å². The van der Waals surface area contributed by atoms with Crippen LogP contribution in [0.2, 0.25) is 0 Å². The number of hydrogen-bond donors (Lipinski definition) is 0. The number of nitrogens with zero attached hydrogens (tertiary/aromatic N) is 3. The van der Waals surface area contributed by atoms with Gasteiger partial charge in [0.2, 0.25) is 0 Å². The van der Waals surface area contributed by atoms with Crippen LogP contribution in [0.15, 0.2) is 42.6 Å². The number of hydrogen-bond acceptors (Lipinski definition) is 3. The summed E-state index contributed by atoms with van der Waals surface area (Å²) >= 11 is 0. The van der Waals surface area contributed by atoms with Crippen LogP contribution in [0, 0.1) is 6.92 Å². The lowest BCUT2D eigenvalue weighted by Crippen LogP contribution is -2.13. The summed E-state index contributed by atoms with van der Waals surface area (Å²) in [7, 11) is 5.83. The lowest BCUT2D eigenvalue weighted by Gasteiger charge is -2.12. The van der Waals surface area contributed by atoms with Crippen LogP contribution in [-0.2, 0) is 6.54 Å². The summed E-state index contributed by atoms with van der Waals surface area (Å²) in [6.45, 7) is 2.92. The molecule has 0 aliphatic rings. The molecule has 0 aliphatic carbocycles. The fraction of sp³-hybridized carbons (Fsp3) is 0.278. The van der Waals surface area contributed by atoms with E-state index in [1.54, 1.807) is 7.11 Å². The Morgan fingerprint density at radius 1 is 1.18 bits per heavy atom. The summed E-state index contributed by atoms with van der Waals surface area (Å²) in [4.78, 5) is 7.01. The molecule has 22 heavy (non-hydrogen) atoms. The monoisotopic (exact) mass is 295 g/mol. The predicted octanol–water partition coefficient (Wildman–Crippen LogP) is 3.38. The lowest BCUT2D eigenvalue weighted by atomic mass is 10.1. The molecule has 2 heterocycles. The van der Waals surface area contributed by atoms with E-state index in [0.717, 1.165) is 29.2 Å². The van der Waals surface area contributed by atoms with Gasteiger partial charge in [-0.05, 0) is 50.8 Å². The van der Waals surface area contributed by atoms with Gasteiger partial charge < -0.3 is 14.0 Å². The largest absolute Gasteiger partial charge is 0.497 e. The van der Waals surface area contributed by atoms with Crippen molar-refractivity contribution < 1.29 is 4.74 Å². The van der Waals surface area contributed by atoms with Crippen molar-refractivity contribution >= 4 is 5.65 Å². The summed E-state index contributed by atoms with van der Waals surface area (Å²) in [6.07, 6.45) is 2.10. The third-order valence-electron chi connectivity index (χ3n) is 3.69. The second-order valence-electron chi connectivity index (χ2n) is 5.81. The highest BCUT2D eigenvalue weighted by Crippen LogP contribution is 2.28. The van der Waals surface area contributed by atoms with Gasteiger partial charge in [0, 0.05) is 18.3 Å². The quantitative estimate of drug-likeness (QED) is 0.739. The summed E-state index contributed by atoms with van der Waals surface area (Å²) in [5, 5.41) is 0. The average molecular weight is 295 g/mol. The minimum Gasteiger partial charge on any atom is -0.497 e. The van der Waals surface area contributed by atoms with E-state index in [1.807, 2.05) is 18.2 Å². The molecule has 0 radical (unpaired) electrons. The zero-order chi connectivity index (χ0) is 15.7. The molecule has 0 amide bonds. The van der Waals surface area contributed by atoms with Crippen LogP contribution in [0.5, 0.6) is 5.75 Å². The first-order valence-corrected chi connectivity index (χ1v) is 7.35. The topological polar surface area (TPSA) is 29.8 Å². The maximum atomic E-state index is 5.35. The van der Waals surface area contributed by atoms with Gasteiger partial charge in [0.05, 0.1) is 18.5 Å². The molecule has 0 bridgehead atoms. The van der Waals surface area contributed by atoms with Crippen molar-refractivity contribution in [3.05, 3.63) is 53.9 Å². The number of pyridine rings is 1. The normalized spacial score (nSPS) is 11.3. The molecule has 0 saturated heterocycles. The van der Waals surface area contributed by atoms with Crippen LogP contribution >= 0.6 is 0 Å². The van der Waals surface area contributed by atoms with Crippen molar-refractivity contribution in [2.75, 3.05) is 21.2 Å². The van der Waals surface area contributed by atoms with Crippen molar-refractivity contribution in [2.45, 2.75) is 13.5 Å². The molecule has 0 spiro atoms. The first-order chi connectivity index (χ1) is 10.6. The van der Waals surface area contributed by atoms with E-state index >= 15 is 0 Å². The van der Waals surface area contributed by atoms with Crippen molar-refractivity contribution in [1.82, 2.24) is 14.3 Å². The highest BCUT2D eigenvalue weighted by molar-refractivity contribution is 5.68. The van der Waals surface area contributed by atoms with Crippen molar-refractivity contribution in [3.8, 4) is 17.0 Å². The first kappa shape index (κ1) is 14.6. The molecular formula is C18H21N3O. The number of benzene rings is 1. The van der Waals surface area contributed by atoms with Gasteiger partial charge in [0.1, 0.15) is 11.4 Å².